The van der Waals surface area contributed by atoms with Gasteiger partial charge in [0.2, 0.25) is 0 Å². The molecule has 0 aliphatic carbocycles. The van der Waals surface area contributed by atoms with E-state index in [-0.39, 0.29) is 0 Å². The molecule has 0 bridgehead atoms. The van der Waals surface area contributed by atoms with E-state index in [1.165, 1.54) is 5.56 Å². The van der Waals surface area contributed by atoms with Gasteiger partial charge in [-0.1, -0.05) is 24.8 Å². The topological polar surface area (TPSA) is 12.5 Å². The predicted octanol–water partition coefficient (Wildman–Crippen LogP) is 3.48. The van der Waals surface area contributed by atoms with Gasteiger partial charge >= 0.3 is 0 Å². The molecule has 0 heterocycles. The van der Waals surface area contributed by atoms with E-state index in [2.05, 4.69) is 44.6 Å². The average Bonchev–Trinajstić information content (AvgIpc) is 2.26. The third-order valence-electron chi connectivity index (χ3n) is 2.97. The van der Waals surface area contributed by atoms with E-state index in [9.17, 15) is 0 Å². The molecule has 2 heteroatoms. The van der Waals surface area contributed by atoms with E-state index in [0.29, 0.717) is 6.04 Å². The minimum absolute atomic E-state index is 0.577. The van der Waals surface area contributed by atoms with Gasteiger partial charge in [-0.3, -0.25) is 0 Å². The van der Waals surface area contributed by atoms with Crippen molar-refractivity contribution in [2.75, 3.05) is 14.1 Å². The first-order valence-corrected chi connectivity index (χ1v) is 6.08. The number of benzene rings is 1. The molecule has 0 unspecified atom stereocenters. The quantitative estimate of drug-likeness (QED) is 0.697. The molecule has 1 aromatic carbocycles. The van der Waals surface area contributed by atoms with Gasteiger partial charge in [-0.2, -0.15) is 0 Å². The lowest BCUT2D eigenvalue weighted by molar-refractivity contribution is 0.298. The van der Waals surface area contributed by atoms with Crippen molar-refractivity contribution in [1.29, 1.82) is 0 Å². The summed E-state index contributed by atoms with van der Waals surface area (Å²) in [5.41, 5.74) is 1.25. The van der Waals surface area contributed by atoms with Gasteiger partial charge in [-0.05, 0) is 52.4 Å². The maximum absolute atomic E-state index is 5.63. The first-order chi connectivity index (χ1) is 8.00. The highest BCUT2D eigenvalue weighted by molar-refractivity contribution is 5.34. The molecule has 0 radical (unpaired) electrons. The normalized spacial score (nSPS) is 12.5. The minimum Gasteiger partial charge on any atom is -0.462 e. The van der Waals surface area contributed by atoms with E-state index < -0.39 is 0 Å². The second kappa shape index (κ2) is 6.45. The second-order valence-corrected chi connectivity index (χ2v) is 4.76. The molecule has 0 amide bonds. The Bertz CT molecular complexity index is 371. The number of para-hydroxylation sites is 1. The zero-order valence-electron chi connectivity index (χ0n) is 11.4. The van der Waals surface area contributed by atoms with E-state index in [1.54, 1.807) is 0 Å². The highest BCUT2D eigenvalue weighted by Crippen LogP contribution is 2.22. The van der Waals surface area contributed by atoms with Crippen LogP contribution < -0.4 is 4.74 Å². The molecular weight excluding hydrogens is 210 g/mol. The third-order valence-corrected chi connectivity index (χ3v) is 2.97. The summed E-state index contributed by atoms with van der Waals surface area (Å²) in [5.74, 6) is 1.67. The molecule has 0 aromatic heterocycles. The average molecular weight is 233 g/mol. The lowest BCUT2D eigenvalue weighted by atomic mass is 10.0. The molecule has 0 saturated heterocycles. The number of hydrogen-bond acceptors (Lipinski definition) is 2. The van der Waals surface area contributed by atoms with Crippen molar-refractivity contribution < 1.29 is 4.74 Å². The number of aryl methyl sites for hydroxylation is 1. The lowest BCUT2D eigenvalue weighted by Gasteiger charge is -2.20. The summed E-state index contributed by atoms with van der Waals surface area (Å²) in [6.07, 6.45) is 2.16. The molecule has 1 rings (SSSR count). The summed E-state index contributed by atoms with van der Waals surface area (Å²) < 4.78 is 5.63. The van der Waals surface area contributed by atoms with Gasteiger partial charge in [0.1, 0.15) is 5.75 Å². The zero-order valence-corrected chi connectivity index (χ0v) is 11.4. The summed E-state index contributed by atoms with van der Waals surface area (Å²) in [4.78, 5) is 2.24. The number of allylic oxidation sites excluding steroid dienone is 1. The first-order valence-electron chi connectivity index (χ1n) is 6.08. The molecule has 0 aliphatic rings. The van der Waals surface area contributed by atoms with Crippen molar-refractivity contribution in [1.82, 2.24) is 4.90 Å². The van der Waals surface area contributed by atoms with E-state index in [4.69, 9.17) is 4.74 Å². The fourth-order valence-electron chi connectivity index (χ4n) is 1.62. The van der Waals surface area contributed by atoms with Gasteiger partial charge in [0, 0.05) is 6.04 Å². The van der Waals surface area contributed by atoms with Crippen molar-refractivity contribution in [3.05, 3.63) is 42.2 Å². The van der Waals surface area contributed by atoms with Crippen LogP contribution in [0, 0.1) is 0 Å². The van der Waals surface area contributed by atoms with Gasteiger partial charge < -0.3 is 9.64 Å². The standard InChI is InChI=1S/C15H23NO/c1-12(2)17-15-9-7-6-8-14(15)11-10-13(3)16(4)5/h6-9,13H,1,10-11H2,2-5H3/t13-/m0/s1. The van der Waals surface area contributed by atoms with Crippen LogP contribution in [-0.2, 0) is 6.42 Å². The van der Waals surface area contributed by atoms with Crippen molar-refractivity contribution in [2.24, 2.45) is 0 Å². The number of rotatable bonds is 6. The van der Waals surface area contributed by atoms with Crippen LogP contribution in [0.25, 0.3) is 0 Å². The number of ether oxygens (including phenoxy) is 1. The van der Waals surface area contributed by atoms with Gasteiger partial charge in [0.25, 0.3) is 0 Å². The predicted molar refractivity (Wildman–Crippen MR) is 73.4 cm³/mol. The number of nitrogens with zero attached hydrogens (tertiary/aromatic N) is 1. The monoisotopic (exact) mass is 233 g/mol. The number of hydrogen-bond donors (Lipinski definition) is 0. The Hall–Kier alpha value is -1.28. The largest absolute Gasteiger partial charge is 0.462 e. The van der Waals surface area contributed by atoms with Crippen molar-refractivity contribution >= 4 is 0 Å². The molecule has 17 heavy (non-hydrogen) atoms. The Labute approximate surface area is 105 Å². The second-order valence-electron chi connectivity index (χ2n) is 4.76. The van der Waals surface area contributed by atoms with Gasteiger partial charge in [0.15, 0.2) is 0 Å². The van der Waals surface area contributed by atoms with Crippen molar-refractivity contribution in [2.45, 2.75) is 32.7 Å². The molecule has 2 nitrogen and oxygen atoms in total. The lowest BCUT2D eigenvalue weighted by Crippen LogP contribution is -2.24. The minimum atomic E-state index is 0.577. The van der Waals surface area contributed by atoms with Gasteiger partial charge in [0.05, 0.1) is 5.76 Å². The molecule has 0 aliphatic heterocycles. The molecule has 0 saturated carbocycles. The van der Waals surface area contributed by atoms with Crippen LogP contribution >= 0.6 is 0 Å². The maximum atomic E-state index is 5.63. The van der Waals surface area contributed by atoms with E-state index in [1.807, 2.05) is 19.1 Å². The van der Waals surface area contributed by atoms with Crippen LogP contribution in [0.4, 0.5) is 0 Å². The maximum Gasteiger partial charge on any atom is 0.130 e. The molecule has 0 fully saturated rings. The van der Waals surface area contributed by atoms with Crippen LogP contribution in [0.15, 0.2) is 36.6 Å². The summed E-state index contributed by atoms with van der Waals surface area (Å²) in [7, 11) is 4.22. The highest BCUT2D eigenvalue weighted by atomic mass is 16.5. The summed E-state index contributed by atoms with van der Waals surface area (Å²) in [6, 6.07) is 8.76. The molecule has 1 aromatic rings. The molecule has 0 N–H and O–H groups in total. The van der Waals surface area contributed by atoms with Crippen LogP contribution in [0.3, 0.4) is 0 Å². The molecular formula is C15H23NO. The molecule has 1 atom stereocenters. The van der Waals surface area contributed by atoms with E-state index >= 15 is 0 Å². The summed E-state index contributed by atoms with van der Waals surface area (Å²) >= 11 is 0. The fourth-order valence-corrected chi connectivity index (χ4v) is 1.62. The molecule has 94 valence electrons. The Morgan fingerprint density at radius 3 is 2.59 bits per heavy atom. The van der Waals surface area contributed by atoms with Crippen molar-refractivity contribution in [3.8, 4) is 5.75 Å². The fraction of sp³-hybridized carbons (Fsp3) is 0.467. The van der Waals surface area contributed by atoms with Crippen LogP contribution in [-0.4, -0.2) is 25.0 Å². The Kier molecular flexibility index (Phi) is 5.23. The Balaban J connectivity index is 2.66. The Morgan fingerprint density at radius 2 is 2.00 bits per heavy atom. The van der Waals surface area contributed by atoms with Gasteiger partial charge in [-0.15, -0.1) is 0 Å². The third kappa shape index (κ3) is 4.61. The SMILES string of the molecule is C=C(C)Oc1ccccc1CC[C@H](C)N(C)C. The van der Waals surface area contributed by atoms with Crippen LogP contribution in [0.5, 0.6) is 5.75 Å². The van der Waals surface area contributed by atoms with Crippen LogP contribution in [0.1, 0.15) is 25.8 Å². The first kappa shape index (κ1) is 13.8. The highest BCUT2D eigenvalue weighted by Gasteiger charge is 2.08. The van der Waals surface area contributed by atoms with Gasteiger partial charge in [-0.25, -0.2) is 0 Å². The van der Waals surface area contributed by atoms with Crippen LogP contribution in [0.2, 0.25) is 0 Å². The zero-order chi connectivity index (χ0) is 12.8. The summed E-state index contributed by atoms with van der Waals surface area (Å²) in [5, 5.41) is 0. The molecule has 0 spiro atoms. The van der Waals surface area contributed by atoms with Crippen molar-refractivity contribution in [3.63, 3.8) is 0 Å². The summed E-state index contributed by atoms with van der Waals surface area (Å²) in [6.45, 7) is 7.90. The Morgan fingerprint density at radius 1 is 1.35 bits per heavy atom. The smallest absolute Gasteiger partial charge is 0.130 e. The van der Waals surface area contributed by atoms with E-state index in [0.717, 1.165) is 24.4 Å².